The summed E-state index contributed by atoms with van der Waals surface area (Å²) in [5.74, 6) is -0.247. The van der Waals surface area contributed by atoms with Crippen molar-refractivity contribution in [3.63, 3.8) is 0 Å². The summed E-state index contributed by atoms with van der Waals surface area (Å²) in [6.45, 7) is 5.98. The maximum Gasteiger partial charge on any atom is 0.262 e. The number of nitrogens with zero attached hydrogens (tertiary/aromatic N) is 2. The van der Waals surface area contributed by atoms with Crippen LogP contribution in [0.2, 0.25) is 0 Å². The van der Waals surface area contributed by atoms with Crippen molar-refractivity contribution in [2.24, 2.45) is 5.92 Å². The zero-order valence-electron chi connectivity index (χ0n) is 18.6. The molecule has 2 aromatic carbocycles. The molecule has 1 amide bonds. The summed E-state index contributed by atoms with van der Waals surface area (Å²) >= 11 is 0. The van der Waals surface area contributed by atoms with E-state index in [0.717, 1.165) is 52.1 Å². The van der Waals surface area contributed by atoms with Crippen LogP contribution in [0, 0.1) is 11.7 Å². The number of piperidine rings is 1. The number of halogens is 1. The van der Waals surface area contributed by atoms with Crippen molar-refractivity contribution in [1.82, 2.24) is 9.80 Å². The number of morpholine rings is 1. The predicted octanol–water partition coefficient (Wildman–Crippen LogP) is 3.20. The maximum absolute atomic E-state index is 13.9. The van der Waals surface area contributed by atoms with Crippen LogP contribution in [0.25, 0.3) is 0 Å². The van der Waals surface area contributed by atoms with Gasteiger partial charge in [0.05, 0.1) is 23.8 Å². The lowest BCUT2D eigenvalue weighted by molar-refractivity contribution is 0.0332. The lowest BCUT2D eigenvalue weighted by atomic mass is 9.93. The van der Waals surface area contributed by atoms with Crippen LogP contribution in [0.1, 0.15) is 29.6 Å². The third-order valence-electron chi connectivity index (χ3n) is 6.37. The Morgan fingerprint density at radius 2 is 1.76 bits per heavy atom. The van der Waals surface area contributed by atoms with E-state index in [0.29, 0.717) is 24.6 Å². The molecule has 0 spiro atoms. The largest absolute Gasteiger partial charge is 0.379 e. The molecule has 0 aliphatic carbocycles. The SMILES string of the molecule is O=C(c1cccc(S(=O)(=O)Nc2ccccc2F)c1)N1CCC(CCN2CCOCC2)CC1. The first-order valence-electron chi connectivity index (χ1n) is 11.4. The molecule has 2 aliphatic heterocycles. The van der Waals surface area contributed by atoms with Crippen LogP contribution < -0.4 is 4.72 Å². The molecule has 4 rings (SSSR count). The summed E-state index contributed by atoms with van der Waals surface area (Å²) in [6, 6.07) is 11.5. The molecule has 2 heterocycles. The van der Waals surface area contributed by atoms with Gasteiger partial charge in [-0.15, -0.1) is 0 Å². The quantitative estimate of drug-likeness (QED) is 0.665. The van der Waals surface area contributed by atoms with Crippen LogP contribution in [0.3, 0.4) is 0 Å². The molecule has 2 aromatic rings. The Kier molecular flexibility index (Phi) is 7.62. The number of carbonyl (C=O) groups excluding carboxylic acids is 1. The predicted molar refractivity (Wildman–Crippen MR) is 124 cm³/mol. The second kappa shape index (κ2) is 10.6. The average Bonchev–Trinajstić information content (AvgIpc) is 2.85. The molecule has 33 heavy (non-hydrogen) atoms. The van der Waals surface area contributed by atoms with Crippen LogP contribution in [-0.4, -0.2) is 70.1 Å². The van der Waals surface area contributed by atoms with Gasteiger partial charge in [-0.1, -0.05) is 18.2 Å². The topological polar surface area (TPSA) is 79.0 Å². The fraction of sp³-hybridized carbons (Fsp3) is 0.458. The van der Waals surface area contributed by atoms with E-state index in [1.807, 2.05) is 0 Å². The monoisotopic (exact) mass is 475 g/mol. The van der Waals surface area contributed by atoms with Gasteiger partial charge in [-0.25, -0.2) is 12.8 Å². The van der Waals surface area contributed by atoms with Crippen molar-refractivity contribution in [2.45, 2.75) is 24.2 Å². The van der Waals surface area contributed by atoms with Crippen LogP contribution >= 0.6 is 0 Å². The van der Waals surface area contributed by atoms with E-state index < -0.39 is 15.8 Å². The van der Waals surface area contributed by atoms with Crippen LogP contribution in [0.15, 0.2) is 53.4 Å². The second-order valence-corrected chi connectivity index (χ2v) is 10.3. The highest BCUT2D eigenvalue weighted by molar-refractivity contribution is 7.92. The molecule has 0 aromatic heterocycles. The highest BCUT2D eigenvalue weighted by atomic mass is 32.2. The summed E-state index contributed by atoms with van der Waals surface area (Å²) in [7, 11) is -4.02. The smallest absolute Gasteiger partial charge is 0.262 e. The van der Waals surface area contributed by atoms with Gasteiger partial charge in [0.1, 0.15) is 5.82 Å². The number of likely N-dealkylation sites (tertiary alicyclic amines) is 1. The third-order valence-corrected chi connectivity index (χ3v) is 7.73. The highest BCUT2D eigenvalue weighted by Crippen LogP contribution is 2.24. The Labute approximate surface area is 194 Å². The van der Waals surface area contributed by atoms with Crippen LogP contribution in [-0.2, 0) is 14.8 Å². The first-order valence-corrected chi connectivity index (χ1v) is 12.9. The molecule has 0 atom stereocenters. The average molecular weight is 476 g/mol. The van der Waals surface area contributed by atoms with Gasteiger partial charge in [0.2, 0.25) is 0 Å². The van der Waals surface area contributed by atoms with Gasteiger partial charge in [0.15, 0.2) is 0 Å². The first kappa shape index (κ1) is 23.7. The summed E-state index contributed by atoms with van der Waals surface area (Å²) in [5, 5.41) is 0. The van der Waals surface area contributed by atoms with E-state index in [1.165, 1.54) is 36.4 Å². The van der Waals surface area contributed by atoms with Crippen molar-refractivity contribution in [2.75, 3.05) is 50.7 Å². The summed E-state index contributed by atoms with van der Waals surface area (Å²) in [5.41, 5.74) is 0.187. The zero-order chi connectivity index (χ0) is 23.3. The molecular weight excluding hydrogens is 445 g/mol. The van der Waals surface area contributed by atoms with Crippen LogP contribution in [0.5, 0.6) is 0 Å². The molecule has 2 aliphatic rings. The van der Waals surface area contributed by atoms with Gasteiger partial charge < -0.3 is 9.64 Å². The number of hydrogen-bond acceptors (Lipinski definition) is 5. The Hall–Kier alpha value is -2.49. The van der Waals surface area contributed by atoms with Crippen molar-refractivity contribution < 1.29 is 22.3 Å². The number of hydrogen-bond donors (Lipinski definition) is 1. The fourth-order valence-electron chi connectivity index (χ4n) is 4.34. The van der Waals surface area contributed by atoms with Crippen molar-refractivity contribution >= 4 is 21.6 Å². The summed E-state index contributed by atoms with van der Waals surface area (Å²) in [4.78, 5) is 17.2. The number of amides is 1. The van der Waals surface area contributed by atoms with Crippen molar-refractivity contribution in [3.8, 4) is 0 Å². The molecule has 7 nitrogen and oxygen atoms in total. The molecule has 2 fully saturated rings. The molecule has 1 N–H and O–H groups in total. The van der Waals surface area contributed by atoms with Crippen LogP contribution in [0.4, 0.5) is 10.1 Å². The van der Waals surface area contributed by atoms with Crippen molar-refractivity contribution in [1.29, 1.82) is 0 Å². The number of nitrogens with one attached hydrogen (secondary N) is 1. The fourth-order valence-corrected chi connectivity index (χ4v) is 5.45. The minimum atomic E-state index is -4.02. The zero-order valence-corrected chi connectivity index (χ0v) is 19.4. The Balaban J connectivity index is 1.34. The maximum atomic E-state index is 13.9. The molecular formula is C24H30FN3O4S. The van der Waals surface area contributed by atoms with Gasteiger partial charge in [0, 0.05) is 31.7 Å². The van der Waals surface area contributed by atoms with E-state index in [-0.39, 0.29) is 16.5 Å². The van der Waals surface area contributed by atoms with E-state index in [4.69, 9.17) is 4.74 Å². The number of carbonyl (C=O) groups is 1. The van der Waals surface area contributed by atoms with Gasteiger partial charge in [-0.3, -0.25) is 14.4 Å². The summed E-state index contributed by atoms with van der Waals surface area (Å²) in [6.07, 6.45) is 3.02. The number of benzene rings is 2. The van der Waals surface area contributed by atoms with E-state index in [9.17, 15) is 17.6 Å². The molecule has 0 radical (unpaired) electrons. The van der Waals surface area contributed by atoms with E-state index in [2.05, 4.69) is 9.62 Å². The second-order valence-electron chi connectivity index (χ2n) is 8.59. The minimum Gasteiger partial charge on any atom is -0.379 e. The molecule has 178 valence electrons. The number of anilines is 1. The standard InChI is InChI=1S/C24H30FN3O4S/c25-22-6-1-2-7-23(22)26-33(30,31)21-5-3-4-20(18-21)24(29)28-12-9-19(10-13-28)8-11-27-14-16-32-17-15-27/h1-7,18-19,26H,8-17H2. The van der Waals surface area contributed by atoms with Gasteiger partial charge in [-0.2, -0.15) is 0 Å². The first-order chi connectivity index (χ1) is 15.9. The lowest BCUT2D eigenvalue weighted by Gasteiger charge is -2.34. The third kappa shape index (κ3) is 6.10. The lowest BCUT2D eigenvalue weighted by Crippen LogP contribution is -2.40. The molecule has 2 saturated heterocycles. The number of rotatable bonds is 7. The molecule has 0 bridgehead atoms. The number of ether oxygens (including phenoxy) is 1. The molecule has 0 saturated carbocycles. The summed E-state index contributed by atoms with van der Waals surface area (Å²) < 4.78 is 47.0. The Bertz CT molecular complexity index is 1060. The Morgan fingerprint density at radius 1 is 1.03 bits per heavy atom. The molecule has 9 heteroatoms. The number of para-hydroxylation sites is 1. The van der Waals surface area contributed by atoms with E-state index in [1.54, 1.807) is 17.0 Å². The Morgan fingerprint density at radius 3 is 2.48 bits per heavy atom. The van der Waals surface area contributed by atoms with Gasteiger partial charge in [-0.05, 0) is 62.1 Å². The van der Waals surface area contributed by atoms with E-state index >= 15 is 0 Å². The minimum absolute atomic E-state index is 0.0722. The van der Waals surface area contributed by atoms with Gasteiger partial charge in [0.25, 0.3) is 15.9 Å². The molecule has 0 unspecified atom stereocenters. The van der Waals surface area contributed by atoms with Gasteiger partial charge >= 0.3 is 0 Å². The van der Waals surface area contributed by atoms with Crippen molar-refractivity contribution in [3.05, 3.63) is 59.9 Å². The normalized spacial score (nSPS) is 18.3. The number of sulfonamides is 1. The highest BCUT2D eigenvalue weighted by Gasteiger charge is 2.25.